The van der Waals surface area contributed by atoms with Gasteiger partial charge in [-0.1, -0.05) is 11.6 Å². The summed E-state index contributed by atoms with van der Waals surface area (Å²) in [5.74, 6) is -1.86. The molecule has 1 fully saturated rings. The first-order valence-electron chi connectivity index (χ1n) is 6.66. The third-order valence-electron chi connectivity index (χ3n) is 3.51. The van der Waals surface area contributed by atoms with Crippen molar-refractivity contribution in [3.8, 4) is 0 Å². The zero-order chi connectivity index (χ0) is 15.4. The molecule has 1 heterocycles. The van der Waals surface area contributed by atoms with Crippen molar-refractivity contribution in [1.29, 1.82) is 0 Å². The molecule has 1 aliphatic rings. The van der Waals surface area contributed by atoms with Gasteiger partial charge in [0, 0.05) is 5.69 Å². The highest BCUT2D eigenvalue weighted by Gasteiger charge is 2.25. The van der Waals surface area contributed by atoms with Gasteiger partial charge in [0.1, 0.15) is 5.82 Å². The molecule has 1 aromatic rings. The van der Waals surface area contributed by atoms with Crippen LogP contribution in [0.1, 0.15) is 12.8 Å². The summed E-state index contributed by atoms with van der Waals surface area (Å²) < 4.78 is 13.0. The van der Waals surface area contributed by atoms with E-state index >= 15 is 0 Å². The number of anilines is 1. The minimum Gasteiger partial charge on any atom is -0.481 e. The molecule has 0 radical (unpaired) electrons. The van der Waals surface area contributed by atoms with Gasteiger partial charge in [-0.3, -0.25) is 14.5 Å². The van der Waals surface area contributed by atoms with Crippen LogP contribution in [0.2, 0.25) is 5.02 Å². The molecule has 0 bridgehead atoms. The average molecular weight is 351 g/mol. The second-order valence-corrected chi connectivity index (χ2v) is 5.47. The van der Waals surface area contributed by atoms with Crippen LogP contribution >= 0.6 is 24.0 Å². The van der Waals surface area contributed by atoms with Crippen LogP contribution in [0.3, 0.4) is 0 Å². The SMILES string of the molecule is Cl.O=C(CN1CCC(C(=O)O)CC1)Nc1ccc(F)c(Cl)c1. The van der Waals surface area contributed by atoms with Gasteiger partial charge in [-0.15, -0.1) is 12.4 Å². The van der Waals surface area contributed by atoms with E-state index in [-0.39, 0.29) is 35.8 Å². The number of nitrogens with zero attached hydrogens (tertiary/aromatic N) is 1. The van der Waals surface area contributed by atoms with Gasteiger partial charge in [0.2, 0.25) is 5.91 Å². The highest BCUT2D eigenvalue weighted by Crippen LogP contribution is 2.20. The molecular formula is C14H17Cl2FN2O3. The van der Waals surface area contributed by atoms with Crippen molar-refractivity contribution in [1.82, 2.24) is 4.90 Å². The quantitative estimate of drug-likeness (QED) is 0.875. The van der Waals surface area contributed by atoms with Crippen LogP contribution < -0.4 is 5.32 Å². The number of likely N-dealkylation sites (tertiary alicyclic amines) is 1. The Bertz CT molecular complexity index is 549. The number of nitrogens with one attached hydrogen (secondary N) is 1. The second kappa shape index (κ2) is 8.31. The third-order valence-corrected chi connectivity index (χ3v) is 3.80. The Morgan fingerprint density at radius 1 is 1.36 bits per heavy atom. The van der Waals surface area contributed by atoms with Gasteiger partial charge < -0.3 is 10.4 Å². The summed E-state index contributed by atoms with van der Waals surface area (Å²) in [7, 11) is 0. The molecule has 1 saturated heterocycles. The largest absolute Gasteiger partial charge is 0.481 e. The van der Waals surface area contributed by atoms with Gasteiger partial charge in [-0.25, -0.2) is 4.39 Å². The number of amides is 1. The highest BCUT2D eigenvalue weighted by atomic mass is 35.5. The molecule has 2 rings (SSSR count). The van der Waals surface area contributed by atoms with Crippen molar-refractivity contribution >= 4 is 41.6 Å². The van der Waals surface area contributed by atoms with Crippen molar-refractivity contribution in [3.05, 3.63) is 29.0 Å². The summed E-state index contributed by atoms with van der Waals surface area (Å²) >= 11 is 5.64. The number of piperidine rings is 1. The standard InChI is InChI=1S/C14H16ClFN2O3.ClH/c15-11-7-10(1-2-12(11)16)17-13(19)8-18-5-3-9(4-6-18)14(20)21;/h1-2,7,9H,3-6,8H2,(H,17,19)(H,20,21);1H. The molecule has 2 N–H and O–H groups in total. The maximum atomic E-state index is 13.0. The number of halogens is 3. The molecule has 0 aromatic heterocycles. The molecule has 5 nitrogen and oxygen atoms in total. The number of carbonyl (C=O) groups is 2. The second-order valence-electron chi connectivity index (χ2n) is 5.07. The molecule has 1 aromatic carbocycles. The fourth-order valence-corrected chi connectivity index (χ4v) is 2.50. The summed E-state index contributed by atoms with van der Waals surface area (Å²) in [5.41, 5.74) is 0.437. The Balaban J connectivity index is 0.00000242. The van der Waals surface area contributed by atoms with E-state index < -0.39 is 11.8 Å². The zero-order valence-corrected chi connectivity index (χ0v) is 13.3. The van der Waals surface area contributed by atoms with Gasteiger partial charge in [0.25, 0.3) is 0 Å². The Kier molecular flexibility index (Phi) is 7.06. The maximum Gasteiger partial charge on any atom is 0.306 e. The topological polar surface area (TPSA) is 69.6 Å². The predicted octanol–water partition coefficient (Wildman–Crippen LogP) is 2.64. The molecule has 0 saturated carbocycles. The van der Waals surface area contributed by atoms with E-state index in [1.807, 2.05) is 4.90 Å². The summed E-state index contributed by atoms with van der Waals surface area (Å²) in [6.45, 7) is 1.34. The van der Waals surface area contributed by atoms with E-state index in [0.717, 1.165) is 0 Å². The van der Waals surface area contributed by atoms with Gasteiger partial charge in [0.05, 0.1) is 17.5 Å². The van der Waals surface area contributed by atoms with Gasteiger partial charge >= 0.3 is 5.97 Å². The Hall–Kier alpha value is -1.37. The first-order chi connectivity index (χ1) is 9.95. The molecule has 1 amide bonds. The minimum atomic E-state index is -0.778. The van der Waals surface area contributed by atoms with Crippen molar-refractivity contribution in [3.63, 3.8) is 0 Å². The number of carbonyl (C=O) groups excluding carboxylic acids is 1. The van der Waals surface area contributed by atoms with E-state index in [1.54, 1.807) is 0 Å². The normalized spacial score (nSPS) is 15.9. The third kappa shape index (κ3) is 5.12. The number of carboxylic acid groups (broad SMARTS) is 1. The van der Waals surface area contributed by atoms with Crippen molar-refractivity contribution < 1.29 is 19.1 Å². The average Bonchev–Trinajstić information content (AvgIpc) is 2.43. The molecule has 22 heavy (non-hydrogen) atoms. The molecular weight excluding hydrogens is 334 g/mol. The van der Waals surface area contributed by atoms with E-state index in [4.69, 9.17) is 16.7 Å². The molecule has 0 aliphatic carbocycles. The molecule has 0 unspecified atom stereocenters. The zero-order valence-electron chi connectivity index (χ0n) is 11.7. The van der Waals surface area contributed by atoms with Crippen LogP contribution in [0.5, 0.6) is 0 Å². The summed E-state index contributed by atoms with van der Waals surface area (Å²) in [4.78, 5) is 24.6. The number of benzene rings is 1. The van der Waals surface area contributed by atoms with Crippen LogP contribution in [-0.2, 0) is 9.59 Å². The van der Waals surface area contributed by atoms with Crippen LogP contribution in [0.15, 0.2) is 18.2 Å². The van der Waals surface area contributed by atoms with E-state index in [1.165, 1.54) is 18.2 Å². The van der Waals surface area contributed by atoms with Crippen molar-refractivity contribution in [2.75, 3.05) is 25.0 Å². The Morgan fingerprint density at radius 3 is 2.55 bits per heavy atom. The lowest BCUT2D eigenvalue weighted by Crippen LogP contribution is -2.40. The predicted molar refractivity (Wildman–Crippen MR) is 84.1 cm³/mol. The lowest BCUT2D eigenvalue weighted by Gasteiger charge is -2.29. The van der Waals surface area contributed by atoms with Gasteiger partial charge in [-0.2, -0.15) is 0 Å². The maximum absolute atomic E-state index is 13.0. The lowest BCUT2D eigenvalue weighted by atomic mass is 9.97. The molecule has 122 valence electrons. The van der Waals surface area contributed by atoms with Crippen LogP contribution in [0.25, 0.3) is 0 Å². The fourth-order valence-electron chi connectivity index (χ4n) is 2.32. The smallest absolute Gasteiger partial charge is 0.306 e. The number of carboxylic acids is 1. The molecule has 0 atom stereocenters. The lowest BCUT2D eigenvalue weighted by molar-refractivity contribution is -0.143. The number of hydrogen-bond acceptors (Lipinski definition) is 3. The monoisotopic (exact) mass is 350 g/mol. The Labute approximate surface area is 138 Å². The number of aliphatic carboxylic acids is 1. The van der Waals surface area contributed by atoms with Crippen molar-refractivity contribution in [2.45, 2.75) is 12.8 Å². The summed E-state index contributed by atoms with van der Waals surface area (Å²) in [6, 6.07) is 3.98. The van der Waals surface area contributed by atoms with Gasteiger partial charge in [0.15, 0.2) is 0 Å². The molecule has 0 spiro atoms. The first-order valence-corrected chi connectivity index (χ1v) is 7.03. The summed E-state index contributed by atoms with van der Waals surface area (Å²) in [6.07, 6.45) is 1.09. The van der Waals surface area contributed by atoms with E-state index in [0.29, 0.717) is 31.6 Å². The van der Waals surface area contributed by atoms with E-state index in [2.05, 4.69) is 5.32 Å². The molecule has 8 heteroatoms. The Morgan fingerprint density at radius 2 is 2.00 bits per heavy atom. The number of rotatable bonds is 4. The number of hydrogen-bond donors (Lipinski definition) is 2. The van der Waals surface area contributed by atoms with Crippen LogP contribution in [-0.4, -0.2) is 41.5 Å². The van der Waals surface area contributed by atoms with E-state index in [9.17, 15) is 14.0 Å². The van der Waals surface area contributed by atoms with Crippen LogP contribution in [0.4, 0.5) is 10.1 Å². The first kappa shape index (κ1) is 18.7. The summed E-state index contributed by atoms with van der Waals surface area (Å²) in [5, 5.41) is 11.5. The fraction of sp³-hybridized carbons (Fsp3) is 0.429. The highest BCUT2D eigenvalue weighted by molar-refractivity contribution is 6.31. The van der Waals surface area contributed by atoms with Gasteiger partial charge in [-0.05, 0) is 44.1 Å². The van der Waals surface area contributed by atoms with Crippen molar-refractivity contribution in [2.24, 2.45) is 5.92 Å². The van der Waals surface area contributed by atoms with Crippen LogP contribution in [0, 0.1) is 11.7 Å². The minimum absolute atomic E-state index is 0. The molecule has 1 aliphatic heterocycles.